The first-order valence-corrected chi connectivity index (χ1v) is 24.9. The second-order valence-corrected chi connectivity index (χ2v) is 19.3. The van der Waals surface area contributed by atoms with Crippen molar-refractivity contribution in [2.24, 2.45) is 5.92 Å². The number of amides is 2. The van der Waals surface area contributed by atoms with E-state index in [-0.39, 0.29) is 59.9 Å². The van der Waals surface area contributed by atoms with E-state index in [1.54, 1.807) is 65.6 Å². The predicted octanol–water partition coefficient (Wildman–Crippen LogP) is 5.70. The number of phenolic OH excluding ortho intramolecular Hbond substituents is 1. The Morgan fingerprint density at radius 2 is 1.53 bits per heavy atom. The van der Waals surface area contributed by atoms with Gasteiger partial charge in [0.25, 0.3) is 11.8 Å². The summed E-state index contributed by atoms with van der Waals surface area (Å²) in [6.07, 6.45) is 2.71. The molecular weight excluding hydrogens is 915 g/mol. The molecule has 3 aliphatic rings. The minimum absolute atomic E-state index is 0.0598. The maximum Gasteiger partial charge on any atom is 0.347 e. The molecular formula is C57H63N5O10. The number of pyridine rings is 1. The highest BCUT2D eigenvalue weighted by molar-refractivity contribution is 5.94. The second kappa shape index (κ2) is 22.7. The monoisotopic (exact) mass is 977 g/mol. The molecule has 4 heterocycles. The zero-order valence-electron chi connectivity index (χ0n) is 40.4. The minimum atomic E-state index is -2.11. The van der Waals surface area contributed by atoms with Crippen LogP contribution in [0.4, 0.5) is 0 Å². The summed E-state index contributed by atoms with van der Waals surface area (Å²) in [6.45, 7) is 5.56. The smallest absolute Gasteiger partial charge is 0.347 e. The molecule has 2 atom stereocenters. The number of aliphatic hydroxyl groups is 2. The van der Waals surface area contributed by atoms with Crippen molar-refractivity contribution in [2.45, 2.75) is 56.0 Å². The number of piperidine rings is 2. The Balaban J connectivity index is 0.730. The van der Waals surface area contributed by atoms with Crippen molar-refractivity contribution in [1.29, 1.82) is 0 Å². The van der Waals surface area contributed by atoms with Gasteiger partial charge < -0.3 is 49.6 Å². The standard InChI is InChI=1S/C57H63N5O10/c63-49-20-18-47(48-19-21-51(65)59-53(48)49)50(64)35-58-27-22-40-14-16-43(17-15-40)54(67)61-30-25-56(26-31-61)39-62(32-33-72-56)52(66)38-70-46-13-7-12-45(34-46)57(69,44-10-5-2-6-11-44)55(68)71-37-42-23-28-60(29-24-42)36-41-8-3-1-4-9-41/h1-21,34,42,50,58,63-64,69H,22-33,35-39H2,(H,59,65)/t50-,57-/m0/s1. The van der Waals surface area contributed by atoms with Crippen LogP contribution in [0.15, 0.2) is 138 Å². The second-order valence-electron chi connectivity index (χ2n) is 19.3. The first-order chi connectivity index (χ1) is 35.0. The van der Waals surface area contributed by atoms with Crippen molar-refractivity contribution in [3.63, 3.8) is 0 Å². The highest BCUT2D eigenvalue weighted by Gasteiger charge is 2.44. The van der Waals surface area contributed by atoms with Crippen molar-refractivity contribution in [1.82, 2.24) is 25.0 Å². The number of morpholine rings is 1. The summed E-state index contributed by atoms with van der Waals surface area (Å²) in [6, 6.07) is 39.3. The Hall–Kier alpha value is -6.88. The van der Waals surface area contributed by atoms with Gasteiger partial charge in [-0.25, -0.2) is 4.79 Å². The number of likely N-dealkylation sites (tertiary alicyclic amines) is 2. The molecule has 3 saturated heterocycles. The molecule has 15 nitrogen and oxygen atoms in total. The molecule has 1 spiro atoms. The van der Waals surface area contributed by atoms with Crippen molar-refractivity contribution < 1.29 is 43.9 Å². The van der Waals surface area contributed by atoms with Gasteiger partial charge in [-0.15, -0.1) is 0 Å². The maximum atomic E-state index is 14.0. The number of aliphatic hydroxyl groups excluding tert-OH is 1. The summed E-state index contributed by atoms with van der Waals surface area (Å²) in [4.78, 5) is 61.7. The number of benzene rings is 5. The average Bonchev–Trinajstić information content (AvgIpc) is 3.42. The van der Waals surface area contributed by atoms with Gasteiger partial charge in [0.1, 0.15) is 11.5 Å². The third-order valence-corrected chi connectivity index (χ3v) is 14.5. The first kappa shape index (κ1) is 50.1. The van der Waals surface area contributed by atoms with Gasteiger partial charge >= 0.3 is 5.97 Å². The number of hydrogen-bond acceptors (Lipinski definition) is 12. The molecule has 5 N–H and O–H groups in total. The summed E-state index contributed by atoms with van der Waals surface area (Å²) in [7, 11) is 0. The number of carbonyl (C=O) groups is 3. The van der Waals surface area contributed by atoms with E-state index in [4.69, 9.17) is 14.2 Å². The topological polar surface area (TPSA) is 194 Å². The van der Waals surface area contributed by atoms with Gasteiger partial charge in [0, 0.05) is 61.8 Å². The first-order valence-electron chi connectivity index (χ1n) is 24.9. The fourth-order valence-corrected chi connectivity index (χ4v) is 10.2. The van der Waals surface area contributed by atoms with Crippen LogP contribution in [0.25, 0.3) is 10.9 Å². The number of aromatic nitrogens is 1. The van der Waals surface area contributed by atoms with Crippen LogP contribution in [0.2, 0.25) is 0 Å². The number of ether oxygens (including phenoxy) is 3. The van der Waals surface area contributed by atoms with Gasteiger partial charge in [0.05, 0.1) is 30.4 Å². The van der Waals surface area contributed by atoms with Crippen LogP contribution in [-0.2, 0) is 37.6 Å². The molecule has 0 saturated carbocycles. The fraction of sp³-hybridized carbons (Fsp3) is 0.368. The van der Waals surface area contributed by atoms with Crippen molar-refractivity contribution in [3.8, 4) is 11.5 Å². The van der Waals surface area contributed by atoms with Crippen LogP contribution < -0.4 is 15.6 Å². The third kappa shape index (κ3) is 11.7. The van der Waals surface area contributed by atoms with E-state index in [0.717, 1.165) is 38.0 Å². The quantitative estimate of drug-likeness (QED) is 0.0554. The molecule has 3 aliphatic heterocycles. The lowest BCUT2D eigenvalue weighted by Gasteiger charge is -2.47. The molecule has 0 unspecified atom stereocenters. The number of aromatic amines is 1. The number of carbonyl (C=O) groups excluding carboxylic acids is 3. The zero-order chi connectivity index (χ0) is 50.1. The number of nitrogens with zero attached hydrogens (tertiary/aromatic N) is 3. The fourth-order valence-electron chi connectivity index (χ4n) is 10.2. The number of rotatable bonds is 17. The highest BCUT2D eigenvalue weighted by atomic mass is 16.6. The lowest BCUT2D eigenvalue weighted by atomic mass is 9.86. The van der Waals surface area contributed by atoms with Crippen LogP contribution in [0.3, 0.4) is 0 Å². The number of aromatic hydroxyl groups is 1. The van der Waals surface area contributed by atoms with E-state index in [1.165, 1.54) is 17.7 Å². The van der Waals surface area contributed by atoms with Gasteiger partial charge in [-0.1, -0.05) is 91.0 Å². The predicted molar refractivity (Wildman–Crippen MR) is 271 cm³/mol. The molecule has 5 aromatic carbocycles. The molecule has 2 amide bonds. The van der Waals surface area contributed by atoms with E-state index in [1.807, 2.05) is 53.4 Å². The molecule has 0 radical (unpaired) electrons. The molecule has 376 valence electrons. The lowest BCUT2D eigenvalue weighted by Crippen LogP contribution is -2.59. The number of H-pyrrole nitrogens is 1. The van der Waals surface area contributed by atoms with E-state index in [0.29, 0.717) is 86.4 Å². The van der Waals surface area contributed by atoms with Gasteiger partial charge in [-0.2, -0.15) is 0 Å². The van der Waals surface area contributed by atoms with E-state index >= 15 is 0 Å². The van der Waals surface area contributed by atoms with Crippen LogP contribution >= 0.6 is 0 Å². The summed E-state index contributed by atoms with van der Waals surface area (Å²) in [5, 5.41) is 37.2. The van der Waals surface area contributed by atoms with Gasteiger partial charge in [-0.05, 0) is 116 Å². The molecule has 9 rings (SSSR count). The Labute approximate surface area is 419 Å². The van der Waals surface area contributed by atoms with Crippen LogP contribution in [0, 0.1) is 5.92 Å². The number of esters is 1. The Bertz CT molecular complexity index is 2860. The van der Waals surface area contributed by atoms with Gasteiger partial charge in [-0.3, -0.25) is 19.3 Å². The molecule has 15 heteroatoms. The van der Waals surface area contributed by atoms with Gasteiger partial charge in [0.2, 0.25) is 11.2 Å². The summed E-state index contributed by atoms with van der Waals surface area (Å²) in [5.41, 5.74) is 1.37. The molecule has 0 bridgehead atoms. The summed E-state index contributed by atoms with van der Waals surface area (Å²) >= 11 is 0. The Morgan fingerprint density at radius 1 is 0.806 bits per heavy atom. The van der Waals surface area contributed by atoms with E-state index < -0.39 is 23.3 Å². The average molecular weight is 978 g/mol. The zero-order valence-corrected chi connectivity index (χ0v) is 40.4. The van der Waals surface area contributed by atoms with Crippen LogP contribution in [-0.4, -0.2) is 131 Å². The number of fused-ring (bicyclic) bond motifs is 1. The third-order valence-electron chi connectivity index (χ3n) is 14.5. The summed E-state index contributed by atoms with van der Waals surface area (Å²) < 4.78 is 18.3. The Kier molecular flexibility index (Phi) is 15.8. The molecule has 6 aromatic rings. The van der Waals surface area contributed by atoms with Crippen molar-refractivity contribution in [2.75, 3.05) is 72.2 Å². The highest BCUT2D eigenvalue weighted by Crippen LogP contribution is 2.35. The molecule has 0 aliphatic carbocycles. The van der Waals surface area contributed by atoms with Crippen LogP contribution in [0.1, 0.15) is 70.0 Å². The van der Waals surface area contributed by atoms with Crippen LogP contribution in [0.5, 0.6) is 11.5 Å². The number of nitrogens with one attached hydrogen (secondary N) is 2. The largest absolute Gasteiger partial charge is 0.506 e. The van der Waals surface area contributed by atoms with E-state index in [2.05, 4.69) is 27.3 Å². The van der Waals surface area contributed by atoms with Gasteiger partial charge in [0.15, 0.2) is 6.61 Å². The van der Waals surface area contributed by atoms with E-state index in [9.17, 15) is 34.5 Å². The number of phenols is 1. The normalized spacial score (nSPS) is 17.6. The van der Waals surface area contributed by atoms with Crippen molar-refractivity contribution >= 4 is 28.7 Å². The summed E-state index contributed by atoms with van der Waals surface area (Å²) in [5.74, 6) is -0.611. The SMILES string of the molecule is O=C(COc1cccc([C@](O)(C(=O)OCC2CCN(Cc3ccccc3)CC2)c2ccccc2)c1)N1CCOC2(CCN(C(=O)c3ccc(CCNC[C@H](O)c4ccc(O)c5[nH]c(=O)ccc45)cc3)CC2)C1. The Morgan fingerprint density at radius 3 is 2.28 bits per heavy atom. The maximum absolute atomic E-state index is 14.0. The van der Waals surface area contributed by atoms with Crippen molar-refractivity contribution in [3.05, 3.63) is 177 Å². The lowest BCUT2D eigenvalue weighted by molar-refractivity contribution is -0.164. The molecule has 3 fully saturated rings. The molecule has 72 heavy (non-hydrogen) atoms. The molecule has 1 aromatic heterocycles. The minimum Gasteiger partial charge on any atom is -0.506 e. The number of hydrogen-bond donors (Lipinski definition) is 5.